The fourth-order valence-electron chi connectivity index (χ4n) is 1.35. The van der Waals surface area contributed by atoms with Crippen molar-refractivity contribution in [2.45, 2.75) is 0 Å². The third-order valence-corrected chi connectivity index (χ3v) is 2.20. The summed E-state index contributed by atoms with van der Waals surface area (Å²) < 4.78 is 0. The van der Waals surface area contributed by atoms with Crippen molar-refractivity contribution in [2.24, 2.45) is 5.84 Å². The van der Waals surface area contributed by atoms with E-state index >= 15 is 0 Å². The van der Waals surface area contributed by atoms with Crippen molar-refractivity contribution in [1.82, 2.24) is 4.98 Å². The molecule has 80 valence electrons. The molecule has 0 saturated heterocycles. The number of nitrogens with zero attached hydrogens (tertiary/aromatic N) is 1. The van der Waals surface area contributed by atoms with Crippen LogP contribution in [0.15, 0.2) is 48.7 Å². The molecule has 0 atom stereocenters. The first-order valence-corrected chi connectivity index (χ1v) is 5.04. The number of rotatable bonds is 3. The highest BCUT2D eigenvalue weighted by Gasteiger charge is 1.90. The molecule has 0 aliphatic heterocycles. The summed E-state index contributed by atoms with van der Waals surface area (Å²) in [7, 11) is 0. The summed E-state index contributed by atoms with van der Waals surface area (Å²) in [5, 5.41) is 0. The van der Waals surface area contributed by atoms with Crippen molar-refractivity contribution < 1.29 is 0 Å². The molecule has 0 unspecified atom stereocenters. The van der Waals surface area contributed by atoms with Crippen LogP contribution in [0.3, 0.4) is 0 Å². The van der Waals surface area contributed by atoms with Crippen LogP contribution < -0.4 is 11.3 Å². The molecule has 1 heterocycles. The molecule has 0 aliphatic carbocycles. The molecule has 16 heavy (non-hydrogen) atoms. The Morgan fingerprint density at radius 2 is 1.69 bits per heavy atom. The zero-order valence-corrected chi connectivity index (χ0v) is 8.80. The molecule has 0 radical (unpaired) electrons. The topological polar surface area (TPSA) is 50.9 Å². The average Bonchev–Trinajstić information content (AvgIpc) is 2.38. The predicted octanol–water partition coefficient (Wildman–Crippen LogP) is 2.54. The maximum Gasteiger partial charge on any atom is 0.139 e. The minimum absolute atomic E-state index is 0.664. The van der Waals surface area contributed by atoms with Gasteiger partial charge in [0.2, 0.25) is 0 Å². The summed E-state index contributed by atoms with van der Waals surface area (Å²) in [6.45, 7) is 0. The maximum absolute atomic E-state index is 5.23. The molecule has 3 N–H and O–H groups in total. The molecule has 0 bridgehead atoms. The molecule has 3 heteroatoms. The number of anilines is 1. The number of nitrogens with two attached hydrogens (primary N) is 1. The smallest absolute Gasteiger partial charge is 0.139 e. The zero-order chi connectivity index (χ0) is 11.2. The molecule has 0 fully saturated rings. The number of hydrogen-bond donors (Lipinski definition) is 2. The van der Waals surface area contributed by atoms with E-state index in [4.69, 9.17) is 5.84 Å². The SMILES string of the molecule is NNc1ccc(C=Cc2ccccc2)cn1. The van der Waals surface area contributed by atoms with E-state index in [1.807, 2.05) is 42.5 Å². The molecular weight excluding hydrogens is 198 g/mol. The Labute approximate surface area is 94.6 Å². The largest absolute Gasteiger partial charge is 0.308 e. The number of hydrogen-bond acceptors (Lipinski definition) is 3. The van der Waals surface area contributed by atoms with E-state index in [1.54, 1.807) is 6.20 Å². The second-order valence-electron chi connectivity index (χ2n) is 3.37. The van der Waals surface area contributed by atoms with Gasteiger partial charge in [0.1, 0.15) is 5.82 Å². The molecule has 0 saturated carbocycles. The number of aromatic nitrogens is 1. The summed E-state index contributed by atoms with van der Waals surface area (Å²) >= 11 is 0. The van der Waals surface area contributed by atoms with Gasteiger partial charge in [0, 0.05) is 6.20 Å². The van der Waals surface area contributed by atoms with Crippen LogP contribution in [0.2, 0.25) is 0 Å². The van der Waals surface area contributed by atoms with Crippen molar-refractivity contribution in [1.29, 1.82) is 0 Å². The molecule has 2 aromatic rings. The summed E-state index contributed by atoms with van der Waals surface area (Å²) in [5.74, 6) is 5.90. The van der Waals surface area contributed by atoms with Gasteiger partial charge in [0.15, 0.2) is 0 Å². The predicted molar refractivity (Wildman–Crippen MR) is 67.4 cm³/mol. The van der Waals surface area contributed by atoms with Crippen LogP contribution in [0.25, 0.3) is 12.2 Å². The number of nitrogens with one attached hydrogen (secondary N) is 1. The molecule has 0 spiro atoms. The standard InChI is InChI=1S/C13H13N3/c14-16-13-9-8-12(10-15-13)7-6-11-4-2-1-3-5-11/h1-10H,14H2,(H,15,16). The van der Waals surface area contributed by atoms with Gasteiger partial charge < -0.3 is 5.43 Å². The average molecular weight is 211 g/mol. The van der Waals surface area contributed by atoms with Crippen LogP contribution >= 0.6 is 0 Å². The Bertz CT molecular complexity index is 460. The van der Waals surface area contributed by atoms with Gasteiger partial charge in [-0.2, -0.15) is 0 Å². The van der Waals surface area contributed by atoms with E-state index < -0.39 is 0 Å². The Morgan fingerprint density at radius 3 is 2.31 bits per heavy atom. The number of nitrogen functional groups attached to an aromatic ring is 1. The third-order valence-electron chi connectivity index (χ3n) is 2.20. The van der Waals surface area contributed by atoms with Gasteiger partial charge in [0.25, 0.3) is 0 Å². The summed E-state index contributed by atoms with van der Waals surface area (Å²) in [6, 6.07) is 13.9. The second-order valence-corrected chi connectivity index (χ2v) is 3.37. The summed E-state index contributed by atoms with van der Waals surface area (Å²) in [5.41, 5.74) is 4.71. The van der Waals surface area contributed by atoms with Crippen molar-refractivity contribution in [3.05, 3.63) is 59.8 Å². The number of hydrazine groups is 1. The lowest BCUT2D eigenvalue weighted by Crippen LogP contribution is -2.07. The van der Waals surface area contributed by atoms with Gasteiger partial charge >= 0.3 is 0 Å². The Hall–Kier alpha value is -2.13. The van der Waals surface area contributed by atoms with Gasteiger partial charge in [-0.1, -0.05) is 42.5 Å². The minimum atomic E-state index is 0.664. The fraction of sp³-hybridized carbons (Fsp3) is 0. The fourth-order valence-corrected chi connectivity index (χ4v) is 1.35. The number of pyridine rings is 1. The van der Waals surface area contributed by atoms with Gasteiger partial charge in [-0.25, -0.2) is 10.8 Å². The summed E-state index contributed by atoms with van der Waals surface area (Å²) in [4.78, 5) is 4.12. The van der Waals surface area contributed by atoms with E-state index in [0.29, 0.717) is 5.82 Å². The Kier molecular flexibility index (Phi) is 3.31. The first kappa shape index (κ1) is 10.4. The maximum atomic E-state index is 5.23. The van der Waals surface area contributed by atoms with E-state index in [1.165, 1.54) is 5.56 Å². The Balaban J connectivity index is 2.12. The summed E-state index contributed by atoms with van der Waals surface area (Å²) in [6.07, 6.45) is 5.84. The highest BCUT2D eigenvalue weighted by molar-refractivity contribution is 5.69. The molecule has 1 aromatic heterocycles. The number of benzene rings is 1. The lowest BCUT2D eigenvalue weighted by molar-refractivity contribution is 1.22. The van der Waals surface area contributed by atoms with Crippen LogP contribution in [0.5, 0.6) is 0 Å². The van der Waals surface area contributed by atoms with Crippen LogP contribution in [0.4, 0.5) is 5.82 Å². The second kappa shape index (κ2) is 5.09. The quantitative estimate of drug-likeness (QED) is 0.606. The molecular formula is C13H13N3. The van der Waals surface area contributed by atoms with Crippen LogP contribution in [0.1, 0.15) is 11.1 Å². The van der Waals surface area contributed by atoms with Crippen molar-refractivity contribution in [3.63, 3.8) is 0 Å². The molecule has 2 rings (SSSR count). The van der Waals surface area contributed by atoms with Gasteiger partial charge in [-0.3, -0.25) is 0 Å². The van der Waals surface area contributed by atoms with Crippen LogP contribution in [0, 0.1) is 0 Å². The minimum Gasteiger partial charge on any atom is -0.308 e. The lowest BCUT2D eigenvalue weighted by atomic mass is 10.2. The van der Waals surface area contributed by atoms with Gasteiger partial charge in [-0.15, -0.1) is 0 Å². The highest BCUT2D eigenvalue weighted by Crippen LogP contribution is 2.08. The highest BCUT2D eigenvalue weighted by atomic mass is 15.2. The monoisotopic (exact) mass is 211 g/mol. The van der Waals surface area contributed by atoms with Gasteiger partial charge in [0.05, 0.1) is 0 Å². The van der Waals surface area contributed by atoms with E-state index in [-0.39, 0.29) is 0 Å². The first-order chi connectivity index (χ1) is 7.88. The van der Waals surface area contributed by atoms with E-state index in [9.17, 15) is 0 Å². The normalized spacial score (nSPS) is 10.6. The molecule has 3 nitrogen and oxygen atoms in total. The molecule has 0 amide bonds. The van der Waals surface area contributed by atoms with Crippen molar-refractivity contribution >= 4 is 18.0 Å². The van der Waals surface area contributed by atoms with Crippen molar-refractivity contribution in [3.8, 4) is 0 Å². The lowest BCUT2D eigenvalue weighted by Gasteiger charge is -1.98. The van der Waals surface area contributed by atoms with E-state index in [0.717, 1.165) is 5.56 Å². The first-order valence-electron chi connectivity index (χ1n) is 5.04. The van der Waals surface area contributed by atoms with Crippen LogP contribution in [-0.2, 0) is 0 Å². The van der Waals surface area contributed by atoms with Crippen molar-refractivity contribution in [2.75, 3.05) is 5.43 Å². The third kappa shape index (κ3) is 2.68. The molecule has 0 aliphatic rings. The zero-order valence-electron chi connectivity index (χ0n) is 8.80. The molecule has 1 aromatic carbocycles. The van der Waals surface area contributed by atoms with E-state index in [2.05, 4.69) is 22.5 Å². The van der Waals surface area contributed by atoms with Gasteiger partial charge in [-0.05, 0) is 23.3 Å². The van der Waals surface area contributed by atoms with Crippen LogP contribution in [-0.4, -0.2) is 4.98 Å². The Morgan fingerprint density at radius 1 is 0.938 bits per heavy atom.